The maximum Gasteiger partial charge on any atom is 0.180 e. The van der Waals surface area contributed by atoms with E-state index >= 15 is 0 Å². The average Bonchev–Trinajstić information content (AvgIpc) is 3.02. The minimum absolute atomic E-state index is 0.0406. The third-order valence-corrected chi connectivity index (χ3v) is 5.18. The van der Waals surface area contributed by atoms with Crippen LogP contribution < -0.4 is 0 Å². The summed E-state index contributed by atoms with van der Waals surface area (Å²) in [7, 11) is -3.41. The second-order valence-corrected chi connectivity index (χ2v) is 7.14. The SMILES string of the molecule is CCO[C@H](C)c1nccn1CCS(=O)(=O)c1ccc(C#N)cc1. The molecule has 2 aromatic rings. The van der Waals surface area contributed by atoms with Crippen LogP contribution in [0.5, 0.6) is 0 Å². The van der Waals surface area contributed by atoms with Crippen LogP contribution in [0.4, 0.5) is 0 Å². The smallest absolute Gasteiger partial charge is 0.180 e. The van der Waals surface area contributed by atoms with Gasteiger partial charge in [-0.15, -0.1) is 0 Å². The highest BCUT2D eigenvalue weighted by Gasteiger charge is 2.17. The minimum Gasteiger partial charge on any atom is -0.371 e. The van der Waals surface area contributed by atoms with Gasteiger partial charge in [0.25, 0.3) is 0 Å². The Labute approximate surface area is 136 Å². The molecule has 0 N–H and O–H groups in total. The number of aromatic nitrogens is 2. The molecule has 0 aliphatic rings. The van der Waals surface area contributed by atoms with Crippen LogP contribution in [0, 0.1) is 11.3 Å². The molecule has 0 radical (unpaired) electrons. The molecule has 23 heavy (non-hydrogen) atoms. The van der Waals surface area contributed by atoms with E-state index in [1.165, 1.54) is 24.3 Å². The van der Waals surface area contributed by atoms with Gasteiger partial charge < -0.3 is 9.30 Å². The van der Waals surface area contributed by atoms with Crippen molar-refractivity contribution in [2.45, 2.75) is 31.4 Å². The van der Waals surface area contributed by atoms with Gasteiger partial charge in [-0.25, -0.2) is 13.4 Å². The van der Waals surface area contributed by atoms with Crippen molar-refractivity contribution < 1.29 is 13.2 Å². The van der Waals surface area contributed by atoms with E-state index in [1.54, 1.807) is 17.0 Å². The van der Waals surface area contributed by atoms with Crippen molar-refractivity contribution in [1.82, 2.24) is 9.55 Å². The largest absolute Gasteiger partial charge is 0.371 e. The highest BCUT2D eigenvalue weighted by atomic mass is 32.2. The zero-order valence-corrected chi connectivity index (χ0v) is 14.0. The number of benzene rings is 1. The lowest BCUT2D eigenvalue weighted by Crippen LogP contribution is -2.16. The Morgan fingerprint density at radius 2 is 2.04 bits per heavy atom. The molecular weight excluding hydrogens is 314 g/mol. The lowest BCUT2D eigenvalue weighted by molar-refractivity contribution is 0.0676. The topological polar surface area (TPSA) is 85.0 Å². The van der Waals surface area contributed by atoms with Crippen molar-refractivity contribution in [3.63, 3.8) is 0 Å². The number of sulfone groups is 1. The molecule has 1 heterocycles. The van der Waals surface area contributed by atoms with Gasteiger partial charge in [-0.2, -0.15) is 5.26 Å². The second-order valence-electron chi connectivity index (χ2n) is 5.03. The van der Waals surface area contributed by atoms with Crippen LogP contribution in [-0.2, 0) is 21.1 Å². The number of aryl methyl sites for hydroxylation is 1. The Hall–Kier alpha value is -2.17. The van der Waals surface area contributed by atoms with Crippen LogP contribution in [0.15, 0.2) is 41.6 Å². The van der Waals surface area contributed by atoms with Crippen molar-refractivity contribution >= 4 is 9.84 Å². The van der Waals surface area contributed by atoms with Crippen molar-refractivity contribution in [2.24, 2.45) is 0 Å². The first-order valence-corrected chi connectivity index (χ1v) is 8.98. The normalized spacial score (nSPS) is 12.7. The Kier molecular flexibility index (Phi) is 5.53. The van der Waals surface area contributed by atoms with Crippen LogP contribution in [-0.4, -0.2) is 30.3 Å². The maximum absolute atomic E-state index is 12.4. The summed E-state index contributed by atoms with van der Waals surface area (Å²) < 4.78 is 32.1. The van der Waals surface area contributed by atoms with E-state index in [1.807, 2.05) is 19.9 Å². The molecule has 0 aliphatic carbocycles. The van der Waals surface area contributed by atoms with Crippen LogP contribution in [0.2, 0.25) is 0 Å². The zero-order valence-electron chi connectivity index (χ0n) is 13.1. The van der Waals surface area contributed by atoms with Crippen molar-refractivity contribution in [2.75, 3.05) is 12.4 Å². The van der Waals surface area contributed by atoms with Crippen molar-refractivity contribution in [3.8, 4) is 6.07 Å². The van der Waals surface area contributed by atoms with E-state index in [0.717, 1.165) is 0 Å². The first-order valence-electron chi connectivity index (χ1n) is 7.33. The van der Waals surface area contributed by atoms with E-state index in [4.69, 9.17) is 10.00 Å². The van der Waals surface area contributed by atoms with Gasteiger partial charge in [0.2, 0.25) is 0 Å². The summed E-state index contributed by atoms with van der Waals surface area (Å²) in [5, 5.41) is 8.76. The fourth-order valence-electron chi connectivity index (χ4n) is 2.27. The Morgan fingerprint density at radius 1 is 1.35 bits per heavy atom. The van der Waals surface area contributed by atoms with E-state index in [2.05, 4.69) is 4.98 Å². The Balaban J connectivity index is 2.11. The number of nitriles is 1. The van der Waals surface area contributed by atoms with Gasteiger partial charge in [0.05, 0.1) is 22.3 Å². The molecule has 6 nitrogen and oxygen atoms in total. The summed E-state index contributed by atoms with van der Waals surface area (Å²) in [6, 6.07) is 7.91. The molecule has 1 aromatic carbocycles. The number of hydrogen-bond donors (Lipinski definition) is 0. The maximum atomic E-state index is 12.4. The molecular formula is C16H19N3O3S. The number of rotatable bonds is 7. The van der Waals surface area contributed by atoms with Crippen LogP contribution in [0.25, 0.3) is 0 Å². The van der Waals surface area contributed by atoms with E-state index in [-0.39, 0.29) is 16.8 Å². The molecule has 7 heteroatoms. The number of nitrogens with zero attached hydrogens (tertiary/aromatic N) is 3. The van der Waals surface area contributed by atoms with Gasteiger partial charge in [0.1, 0.15) is 11.9 Å². The lowest BCUT2D eigenvalue weighted by atomic mass is 10.2. The summed E-state index contributed by atoms with van der Waals surface area (Å²) in [5.74, 6) is 0.670. The summed E-state index contributed by atoms with van der Waals surface area (Å²) in [6.07, 6.45) is 3.20. The summed E-state index contributed by atoms with van der Waals surface area (Å²) >= 11 is 0. The van der Waals surface area contributed by atoms with Gasteiger partial charge >= 0.3 is 0 Å². The lowest BCUT2D eigenvalue weighted by Gasteiger charge is -2.14. The molecule has 0 saturated heterocycles. The summed E-state index contributed by atoms with van der Waals surface area (Å²) in [4.78, 5) is 4.46. The second kappa shape index (κ2) is 7.40. The average molecular weight is 333 g/mol. The van der Waals surface area contributed by atoms with Crippen molar-refractivity contribution in [3.05, 3.63) is 48.0 Å². The fourth-order valence-corrected chi connectivity index (χ4v) is 3.49. The van der Waals surface area contributed by atoms with Gasteiger partial charge in [0, 0.05) is 25.5 Å². The minimum atomic E-state index is -3.41. The van der Waals surface area contributed by atoms with Gasteiger partial charge in [-0.3, -0.25) is 0 Å². The third-order valence-electron chi connectivity index (χ3n) is 3.47. The van der Waals surface area contributed by atoms with Crippen LogP contribution >= 0.6 is 0 Å². The molecule has 0 aliphatic heterocycles. The highest BCUT2D eigenvalue weighted by molar-refractivity contribution is 7.91. The molecule has 0 spiro atoms. The van der Waals surface area contributed by atoms with E-state index < -0.39 is 9.84 Å². The van der Waals surface area contributed by atoms with Crippen LogP contribution in [0.1, 0.15) is 31.3 Å². The van der Waals surface area contributed by atoms with Gasteiger partial charge in [-0.05, 0) is 38.1 Å². The highest BCUT2D eigenvalue weighted by Crippen LogP contribution is 2.16. The number of ether oxygens (including phenoxy) is 1. The molecule has 0 fully saturated rings. The quantitative estimate of drug-likeness (QED) is 0.776. The monoisotopic (exact) mass is 333 g/mol. The summed E-state index contributed by atoms with van der Waals surface area (Å²) in [5.41, 5.74) is 0.436. The van der Waals surface area contributed by atoms with Crippen LogP contribution in [0.3, 0.4) is 0 Å². The first-order chi connectivity index (χ1) is 11.0. The summed E-state index contributed by atoms with van der Waals surface area (Å²) in [6.45, 7) is 4.66. The predicted octanol–water partition coefficient (Wildman–Crippen LogP) is 2.33. The molecule has 0 unspecified atom stereocenters. The standard InChI is InChI=1S/C16H19N3O3S/c1-3-22-13(2)16-18-8-9-19(16)10-11-23(20,21)15-6-4-14(12-17)5-7-15/h4-9,13H,3,10-11H2,1-2H3/t13-/m1/s1. The van der Waals surface area contributed by atoms with Gasteiger partial charge in [-0.1, -0.05) is 0 Å². The van der Waals surface area contributed by atoms with Crippen molar-refractivity contribution in [1.29, 1.82) is 5.26 Å². The number of imidazole rings is 1. The fraction of sp³-hybridized carbons (Fsp3) is 0.375. The molecule has 1 aromatic heterocycles. The molecule has 0 amide bonds. The van der Waals surface area contributed by atoms with Gasteiger partial charge in [0.15, 0.2) is 9.84 Å². The third kappa shape index (κ3) is 4.18. The molecule has 2 rings (SSSR count). The number of hydrogen-bond acceptors (Lipinski definition) is 5. The van der Waals surface area contributed by atoms with E-state index in [0.29, 0.717) is 24.5 Å². The zero-order chi connectivity index (χ0) is 16.9. The molecule has 0 saturated carbocycles. The predicted molar refractivity (Wildman–Crippen MR) is 85.5 cm³/mol. The Morgan fingerprint density at radius 3 is 2.65 bits per heavy atom. The molecule has 122 valence electrons. The molecule has 0 bridgehead atoms. The molecule has 1 atom stereocenters. The van der Waals surface area contributed by atoms with E-state index in [9.17, 15) is 8.42 Å². The Bertz CT molecular complexity index is 789. The first kappa shape index (κ1) is 17.2.